The second-order valence-electron chi connectivity index (χ2n) is 3.86. The van der Waals surface area contributed by atoms with E-state index in [9.17, 15) is 0 Å². The van der Waals surface area contributed by atoms with Crippen molar-refractivity contribution in [3.8, 4) is 0 Å². The van der Waals surface area contributed by atoms with Crippen molar-refractivity contribution >= 4 is 22.0 Å². The zero-order valence-electron chi connectivity index (χ0n) is 8.04. The molecule has 1 nitrogen and oxygen atoms in total. The van der Waals surface area contributed by atoms with Crippen molar-refractivity contribution in [2.24, 2.45) is 5.73 Å². The van der Waals surface area contributed by atoms with Crippen molar-refractivity contribution in [1.29, 1.82) is 0 Å². The number of benzene rings is 1. The third kappa shape index (κ3) is 2.46. The fourth-order valence-corrected chi connectivity index (χ4v) is 2.10. The molecule has 0 saturated heterocycles. The van der Waals surface area contributed by atoms with E-state index in [2.05, 4.69) is 46.3 Å². The van der Waals surface area contributed by atoms with Crippen molar-refractivity contribution in [1.82, 2.24) is 0 Å². The highest BCUT2D eigenvalue weighted by Gasteiger charge is 2.14. The van der Waals surface area contributed by atoms with E-state index in [4.69, 9.17) is 5.73 Å². The summed E-state index contributed by atoms with van der Waals surface area (Å²) < 4.78 is 1.13. The van der Waals surface area contributed by atoms with Gasteiger partial charge in [0.1, 0.15) is 0 Å². The Kier molecular flexibility index (Phi) is 3.04. The molecule has 1 aromatic carbocycles. The topological polar surface area (TPSA) is 26.0 Å². The molecule has 2 N–H and O–H groups in total. The Balaban J connectivity index is 2.13. The quantitative estimate of drug-likeness (QED) is 0.815. The average Bonchev–Trinajstić information content (AvgIpc) is 2.56. The third-order valence-corrected chi connectivity index (χ3v) is 3.13. The van der Waals surface area contributed by atoms with Gasteiger partial charge < -0.3 is 5.73 Å². The molecule has 0 bridgehead atoms. The zero-order valence-corrected chi connectivity index (χ0v) is 9.63. The Morgan fingerprint density at radius 2 is 2.00 bits per heavy atom. The Morgan fingerprint density at radius 3 is 2.57 bits per heavy atom. The summed E-state index contributed by atoms with van der Waals surface area (Å²) in [6.07, 6.45) is 5.63. The van der Waals surface area contributed by atoms with Crippen LogP contribution in [-0.2, 0) is 0 Å². The summed E-state index contributed by atoms with van der Waals surface area (Å²) in [5, 5.41) is 0. The molecule has 0 spiro atoms. The van der Waals surface area contributed by atoms with Gasteiger partial charge in [-0.15, -0.1) is 0 Å². The molecule has 74 valence electrons. The van der Waals surface area contributed by atoms with Gasteiger partial charge in [0.2, 0.25) is 0 Å². The van der Waals surface area contributed by atoms with Crippen LogP contribution in [0.1, 0.15) is 24.8 Å². The second kappa shape index (κ2) is 4.28. The SMILES string of the molecule is NC1CC/C(=C/c2ccc(Br)cc2)C1. The molecule has 0 radical (unpaired) electrons. The van der Waals surface area contributed by atoms with Crippen LogP contribution >= 0.6 is 15.9 Å². The van der Waals surface area contributed by atoms with Crippen LogP contribution < -0.4 is 5.73 Å². The maximum Gasteiger partial charge on any atom is 0.0175 e. The van der Waals surface area contributed by atoms with E-state index in [0.29, 0.717) is 6.04 Å². The fraction of sp³-hybridized carbons (Fsp3) is 0.333. The van der Waals surface area contributed by atoms with Gasteiger partial charge in [-0.25, -0.2) is 0 Å². The van der Waals surface area contributed by atoms with Gasteiger partial charge in [-0.1, -0.05) is 39.7 Å². The molecule has 2 heteroatoms. The van der Waals surface area contributed by atoms with Crippen LogP contribution in [0.5, 0.6) is 0 Å². The van der Waals surface area contributed by atoms with E-state index in [0.717, 1.165) is 23.7 Å². The van der Waals surface area contributed by atoms with Gasteiger partial charge >= 0.3 is 0 Å². The summed E-state index contributed by atoms with van der Waals surface area (Å²) in [6, 6.07) is 8.78. The molecule has 1 atom stereocenters. The van der Waals surface area contributed by atoms with Crippen LogP contribution in [0, 0.1) is 0 Å². The molecular formula is C12H14BrN. The third-order valence-electron chi connectivity index (χ3n) is 2.60. The lowest BCUT2D eigenvalue weighted by Gasteiger charge is -1.98. The highest BCUT2D eigenvalue weighted by molar-refractivity contribution is 9.10. The maximum absolute atomic E-state index is 5.85. The standard InChI is InChI=1S/C12H14BrN/c13-11-4-1-9(2-5-11)7-10-3-6-12(14)8-10/h1-2,4-5,7,12H,3,6,8,14H2/b10-7-. The summed E-state index contributed by atoms with van der Waals surface area (Å²) in [7, 11) is 0. The van der Waals surface area contributed by atoms with Crippen LogP contribution in [0.3, 0.4) is 0 Å². The summed E-state index contributed by atoms with van der Waals surface area (Å²) >= 11 is 3.43. The van der Waals surface area contributed by atoms with Gasteiger partial charge in [0.25, 0.3) is 0 Å². The van der Waals surface area contributed by atoms with Crippen molar-refractivity contribution < 1.29 is 0 Å². The largest absolute Gasteiger partial charge is 0.327 e. The normalized spacial score (nSPS) is 24.4. The molecule has 0 aliphatic heterocycles. The van der Waals surface area contributed by atoms with Gasteiger partial charge in [-0.3, -0.25) is 0 Å². The second-order valence-corrected chi connectivity index (χ2v) is 4.77. The average molecular weight is 252 g/mol. The summed E-state index contributed by atoms with van der Waals surface area (Å²) in [5.41, 5.74) is 8.62. The fourth-order valence-electron chi connectivity index (χ4n) is 1.84. The summed E-state index contributed by atoms with van der Waals surface area (Å²) in [5.74, 6) is 0. The number of hydrogen-bond acceptors (Lipinski definition) is 1. The number of hydrogen-bond donors (Lipinski definition) is 1. The molecule has 1 aliphatic rings. The smallest absolute Gasteiger partial charge is 0.0175 e. The van der Waals surface area contributed by atoms with E-state index >= 15 is 0 Å². The molecule has 1 aromatic rings. The van der Waals surface area contributed by atoms with Gasteiger partial charge in [0, 0.05) is 10.5 Å². The lowest BCUT2D eigenvalue weighted by atomic mass is 10.1. The van der Waals surface area contributed by atoms with Crippen LogP contribution in [0.15, 0.2) is 34.3 Å². The minimum atomic E-state index is 0.386. The van der Waals surface area contributed by atoms with Gasteiger partial charge in [-0.05, 0) is 37.0 Å². The van der Waals surface area contributed by atoms with Gasteiger partial charge in [0.05, 0.1) is 0 Å². The lowest BCUT2D eigenvalue weighted by Crippen LogP contribution is -2.13. The molecule has 1 saturated carbocycles. The molecule has 2 rings (SSSR count). The number of nitrogens with two attached hydrogens (primary N) is 1. The van der Waals surface area contributed by atoms with Crippen molar-refractivity contribution in [2.75, 3.05) is 0 Å². The van der Waals surface area contributed by atoms with E-state index in [1.165, 1.54) is 11.1 Å². The van der Waals surface area contributed by atoms with Crippen LogP contribution in [-0.4, -0.2) is 6.04 Å². The first-order chi connectivity index (χ1) is 6.74. The Morgan fingerprint density at radius 1 is 1.29 bits per heavy atom. The zero-order chi connectivity index (χ0) is 9.97. The molecule has 14 heavy (non-hydrogen) atoms. The van der Waals surface area contributed by atoms with Gasteiger partial charge in [0.15, 0.2) is 0 Å². The lowest BCUT2D eigenvalue weighted by molar-refractivity contribution is 0.711. The first-order valence-corrected chi connectivity index (χ1v) is 5.74. The Labute approximate surface area is 93.1 Å². The van der Waals surface area contributed by atoms with Crippen LogP contribution in [0.4, 0.5) is 0 Å². The van der Waals surface area contributed by atoms with Crippen molar-refractivity contribution in [3.05, 3.63) is 39.9 Å². The maximum atomic E-state index is 5.85. The van der Waals surface area contributed by atoms with Crippen LogP contribution in [0.2, 0.25) is 0 Å². The van der Waals surface area contributed by atoms with E-state index in [-0.39, 0.29) is 0 Å². The highest BCUT2D eigenvalue weighted by Crippen LogP contribution is 2.25. The monoisotopic (exact) mass is 251 g/mol. The molecule has 1 fully saturated rings. The Hall–Kier alpha value is -0.600. The first-order valence-electron chi connectivity index (χ1n) is 4.94. The van der Waals surface area contributed by atoms with Gasteiger partial charge in [-0.2, -0.15) is 0 Å². The van der Waals surface area contributed by atoms with E-state index in [1.807, 2.05) is 0 Å². The van der Waals surface area contributed by atoms with E-state index in [1.54, 1.807) is 0 Å². The predicted molar refractivity (Wildman–Crippen MR) is 63.9 cm³/mol. The summed E-state index contributed by atoms with van der Waals surface area (Å²) in [6.45, 7) is 0. The molecule has 1 unspecified atom stereocenters. The minimum absolute atomic E-state index is 0.386. The Bertz CT molecular complexity index is 340. The van der Waals surface area contributed by atoms with E-state index < -0.39 is 0 Å². The number of halogens is 1. The molecule has 0 heterocycles. The highest BCUT2D eigenvalue weighted by atomic mass is 79.9. The molecule has 0 amide bonds. The van der Waals surface area contributed by atoms with Crippen molar-refractivity contribution in [2.45, 2.75) is 25.3 Å². The summed E-state index contributed by atoms with van der Waals surface area (Å²) in [4.78, 5) is 0. The minimum Gasteiger partial charge on any atom is -0.327 e. The predicted octanol–water partition coefficient (Wildman–Crippen LogP) is 3.34. The molecule has 1 aliphatic carbocycles. The number of rotatable bonds is 1. The van der Waals surface area contributed by atoms with Crippen molar-refractivity contribution in [3.63, 3.8) is 0 Å². The van der Waals surface area contributed by atoms with Crippen LogP contribution in [0.25, 0.3) is 6.08 Å². The first kappa shape index (κ1) is 9.94. The molecule has 0 aromatic heterocycles. The molecular weight excluding hydrogens is 238 g/mol.